The molecule has 13 heavy (non-hydrogen) atoms. The second kappa shape index (κ2) is 3.55. The predicted molar refractivity (Wildman–Crippen MR) is 34.3 cm³/mol. The monoisotopic (exact) mass is 230 g/mol. The lowest BCUT2D eigenvalue weighted by atomic mass is 10.2. The van der Waals surface area contributed by atoms with E-state index in [9.17, 15) is 30.7 Å². The van der Waals surface area contributed by atoms with Gasteiger partial charge in [-0.2, -0.15) is 42.5 Å². The summed E-state index contributed by atoms with van der Waals surface area (Å²) in [5.41, 5.74) is 0. The van der Waals surface area contributed by atoms with Gasteiger partial charge in [0.05, 0.1) is 5.75 Å². The molecule has 0 aliphatic rings. The van der Waals surface area contributed by atoms with Gasteiger partial charge in [0.2, 0.25) is 0 Å². The highest BCUT2D eigenvalue weighted by atomic mass is 32.2. The van der Waals surface area contributed by atoms with Gasteiger partial charge in [-0.15, -0.1) is 0 Å². The molecule has 0 atom stereocenters. The topological polar surface area (TPSA) is 0 Å². The van der Waals surface area contributed by atoms with Crippen LogP contribution in [0.5, 0.6) is 0 Å². The van der Waals surface area contributed by atoms with Crippen molar-refractivity contribution in [3.63, 3.8) is 0 Å². The normalized spacial score (nSPS) is 14.8. The second-order valence-electron chi connectivity index (χ2n) is 2.21. The fraction of sp³-hybridized carbons (Fsp3) is 1.00. The van der Waals surface area contributed by atoms with Gasteiger partial charge < -0.3 is 0 Å². The van der Waals surface area contributed by atoms with E-state index in [1.807, 2.05) is 0 Å². The van der Waals surface area contributed by atoms with Crippen LogP contribution < -0.4 is 0 Å². The van der Waals surface area contributed by atoms with E-state index in [-0.39, 0.29) is 11.8 Å². The molecule has 0 heterocycles. The maximum atomic E-state index is 12.2. The molecule has 0 aromatic heterocycles. The summed E-state index contributed by atoms with van der Waals surface area (Å²) in [4.78, 5) is 0. The van der Waals surface area contributed by atoms with Gasteiger partial charge in [-0.05, 0) is 6.26 Å². The first-order valence-electron chi connectivity index (χ1n) is 2.87. The Labute approximate surface area is 73.5 Å². The highest BCUT2D eigenvalue weighted by Gasteiger charge is 2.72. The molecular formula is C5H5F7S. The van der Waals surface area contributed by atoms with E-state index in [0.717, 1.165) is 6.26 Å². The summed E-state index contributed by atoms with van der Waals surface area (Å²) in [5, 5.41) is 0. The van der Waals surface area contributed by atoms with E-state index in [4.69, 9.17) is 0 Å². The third-order valence-electron chi connectivity index (χ3n) is 1.14. The molecule has 0 fully saturated rings. The molecule has 0 bridgehead atoms. The summed E-state index contributed by atoms with van der Waals surface area (Å²) in [6.45, 7) is 0. The van der Waals surface area contributed by atoms with Gasteiger partial charge in [-0.25, -0.2) is 0 Å². The van der Waals surface area contributed by atoms with Crippen LogP contribution in [0.25, 0.3) is 0 Å². The number of hydrogen-bond donors (Lipinski definition) is 0. The van der Waals surface area contributed by atoms with Crippen LogP contribution in [0.3, 0.4) is 0 Å². The summed E-state index contributed by atoms with van der Waals surface area (Å²) < 4.78 is 82.7. The third kappa shape index (κ3) is 2.41. The molecule has 0 aromatic carbocycles. The van der Waals surface area contributed by atoms with Crippen molar-refractivity contribution in [3.8, 4) is 0 Å². The lowest BCUT2D eigenvalue weighted by Gasteiger charge is -2.27. The van der Waals surface area contributed by atoms with E-state index in [1.165, 1.54) is 0 Å². The Bertz CT molecular complexity index is 172. The molecule has 0 aliphatic heterocycles. The fourth-order valence-electron chi connectivity index (χ4n) is 0.479. The molecule has 0 spiro atoms. The lowest BCUT2D eigenvalue weighted by Crippen LogP contribution is -2.53. The lowest BCUT2D eigenvalue weighted by molar-refractivity contribution is -0.348. The Morgan fingerprint density at radius 3 is 1.54 bits per heavy atom. The van der Waals surface area contributed by atoms with Crippen molar-refractivity contribution in [2.45, 2.75) is 18.0 Å². The molecular weight excluding hydrogens is 225 g/mol. The smallest absolute Gasteiger partial charge is 0.199 e. The minimum absolute atomic E-state index is 0.222. The zero-order valence-electron chi connectivity index (χ0n) is 6.26. The quantitative estimate of drug-likeness (QED) is 0.671. The number of rotatable bonds is 3. The van der Waals surface area contributed by atoms with Gasteiger partial charge in [0.1, 0.15) is 0 Å². The van der Waals surface area contributed by atoms with Crippen LogP contribution >= 0.6 is 11.8 Å². The first-order chi connectivity index (χ1) is 5.56. The van der Waals surface area contributed by atoms with Crippen molar-refractivity contribution in [1.29, 1.82) is 0 Å². The summed E-state index contributed by atoms with van der Waals surface area (Å²) in [6, 6.07) is 0. The molecule has 0 nitrogen and oxygen atoms in total. The summed E-state index contributed by atoms with van der Waals surface area (Å²) in [7, 11) is 0. The zero-order valence-corrected chi connectivity index (χ0v) is 7.08. The van der Waals surface area contributed by atoms with Crippen LogP contribution in [0.4, 0.5) is 30.7 Å². The van der Waals surface area contributed by atoms with E-state index < -0.39 is 23.8 Å². The van der Waals surface area contributed by atoms with Gasteiger partial charge in [0, 0.05) is 0 Å². The molecule has 0 amide bonds. The maximum Gasteiger partial charge on any atom is 0.459 e. The Morgan fingerprint density at radius 1 is 0.923 bits per heavy atom. The Kier molecular flexibility index (Phi) is 3.51. The Morgan fingerprint density at radius 2 is 1.31 bits per heavy atom. The van der Waals surface area contributed by atoms with Crippen molar-refractivity contribution in [3.05, 3.63) is 0 Å². The molecule has 8 heteroatoms. The van der Waals surface area contributed by atoms with Crippen molar-refractivity contribution < 1.29 is 30.7 Å². The van der Waals surface area contributed by atoms with Gasteiger partial charge in [-0.1, -0.05) is 0 Å². The number of halogens is 7. The molecule has 0 saturated heterocycles. The molecule has 0 N–H and O–H groups in total. The Balaban J connectivity index is 4.81. The third-order valence-corrected chi connectivity index (χ3v) is 1.79. The van der Waals surface area contributed by atoms with Crippen molar-refractivity contribution in [2.75, 3.05) is 12.0 Å². The van der Waals surface area contributed by atoms with Gasteiger partial charge in [0.25, 0.3) is 0 Å². The average Bonchev–Trinajstić information content (AvgIpc) is 1.84. The fourth-order valence-corrected chi connectivity index (χ4v) is 1.02. The average molecular weight is 230 g/mol. The van der Waals surface area contributed by atoms with Crippen molar-refractivity contribution >= 4 is 11.8 Å². The second-order valence-corrected chi connectivity index (χ2v) is 3.08. The predicted octanol–water partition coefficient (Wildman–Crippen LogP) is 3.18. The van der Waals surface area contributed by atoms with E-state index >= 15 is 0 Å². The SMILES string of the molecule is CSCC(F)(F)C(F)(F)C(F)(F)F. The molecule has 0 aromatic rings. The zero-order chi connectivity index (χ0) is 10.9. The standard InChI is InChI=1S/C5H5F7S/c1-13-2-3(6,7)4(8,9)5(10,11)12/h2H2,1H3. The maximum absolute atomic E-state index is 12.2. The van der Waals surface area contributed by atoms with E-state index in [0.29, 0.717) is 0 Å². The summed E-state index contributed by atoms with van der Waals surface area (Å²) in [5.74, 6) is -12.6. The van der Waals surface area contributed by atoms with Gasteiger partial charge >= 0.3 is 18.0 Å². The molecule has 0 aliphatic carbocycles. The van der Waals surface area contributed by atoms with E-state index in [1.54, 1.807) is 0 Å². The van der Waals surface area contributed by atoms with Crippen LogP contribution in [-0.2, 0) is 0 Å². The van der Waals surface area contributed by atoms with Crippen LogP contribution in [0.2, 0.25) is 0 Å². The first kappa shape index (κ1) is 12.9. The van der Waals surface area contributed by atoms with Gasteiger partial charge in [-0.3, -0.25) is 0 Å². The van der Waals surface area contributed by atoms with E-state index in [2.05, 4.69) is 0 Å². The molecule has 0 rings (SSSR count). The summed E-state index contributed by atoms with van der Waals surface area (Å²) >= 11 is 0.222. The molecule has 0 unspecified atom stereocenters. The van der Waals surface area contributed by atoms with Crippen molar-refractivity contribution in [2.24, 2.45) is 0 Å². The molecule has 0 saturated carbocycles. The van der Waals surface area contributed by atoms with Crippen molar-refractivity contribution in [1.82, 2.24) is 0 Å². The van der Waals surface area contributed by atoms with Crippen LogP contribution in [-0.4, -0.2) is 30.0 Å². The minimum Gasteiger partial charge on any atom is -0.199 e. The molecule has 0 radical (unpaired) electrons. The highest BCUT2D eigenvalue weighted by molar-refractivity contribution is 7.98. The first-order valence-corrected chi connectivity index (χ1v) is 4.27. The number of hydrogen-bond acceptors (Lipinski definition) is 1. The summed E-state index contributed by atoms with van der Waals surface area (Å²) in [6.07, 6.45) is -5.20. The van der Waals surface area contributed by atoms with Crippen LogP contribution in [0, 0.1) is 0 Å². The Hall–Kier alpha value is -0.140. The van der Waals surface area contributed by atoms with Crippen LogP contribution in [0.1, 0.15) is 0 Å². The van der Waals surface area contributed by atoms with Gasteiger partial charge in [0.15, 0.2) is 0 Å². The number of alkyl halides is 7. The van der Waals surface area contributed by atoms with Crippen LogP contribution in [0.15, 0.2) is 0 Å². The number of thioether (sulfide) groups is 1. The minimum atomic E-state index is -6.22. The highest BCUT2D eigenvalue weighted by Crippen LogP contribution is 2.47. The molecule has 80 valence electrons. The largest absolute Gasteiger partial charge is 0.459 e.